The van der Waals surface area contributed by atoms with Crippen LogP contribution in [-0.4, -0.2) is 17.0 Å². The number of nitro groups is 1. The number of nitrogens with zero attached hydrogens (tertiary/aromatic N) is 2. The molecule has 0 unspecified atom stereocenters. The molecule has 0 saturated heterocycles. The van der Waals surface area contributed by atoms with Gasteiger partial charge in [-0.25, -0.2) is 9.82 Å². The van der Waals surface area contributed by atoms with Gasteiger partial charge in [-0.15, -0.1) is 0 Å². The fourth-order valence-electron chi connectivity index (χ4n) is 1.51. The molecule has 6 nitrogen and oxygen atoms in total. The van der Waals surface area contributed by atoms with E-state index in [0.29, 0.717) is 5.56 Å². The van der Waals surface area contributed by atoms with Crippen LogP contribution in [-0.2, 0) is 0 Å². The second kappa shape index (κ2) is 6.38. The highest BCUT2D eigenvalue weighted by Gasteiger charge is 2.08. The lowest BCUT2D eigenvalue weighted by Gasteiger charge is -1.99. The predicted molar refractivity (Wildman–Crippen MR) is 74.6 cm³/mol. The lowest BCUT2D eigenvalue weighted by molar-refractivity contribution is -0.384. The summed E-state index contributed by atoms with van der Waals surface area (Å²) < 4.78 is 12.7. The lowest BCUT2D eigenvalue weighted by atomic mass is 10.2. The zero-order valence-electron chi connectivity index (χ0n) is 10.7. The third kappa shape index (κ3) is 3.93. The van der Waals surface area contributed by atoms with Gasteiger partial charge in [0.15, 0.2) is 0 Å². The van der Waals surface area contributed by atoms with Crippen LogP contribution in [0.15, 0.2) is 53.6 Å². The Kier molecular flexibility index (Phi) is 4.35. The van der Waals surface area contributed by atoms with Gasteiger partial charge in [-0.2, -0.15) is 5.10 Å². The molecule has 106 valence electrons. The van der Waals surface area contributed by atoms with Crippen molar-refractivity contribution in [2.45, 2.75) is 0 Å². The molecular weight excluding hydrogens is 277 g/mol. The maximum Gasteiger partial charge on any atom is 0.271 e. The van der Waals surface area contributed by atoms with E-state index in [9.17, 15) is 19.3 Å². The second-order valence-corrected chi connectivity index (χ2v) is 4.05. The Morgan fingerprint density at radius 3 is 2.33 bits per heavy atom. The number of carbonyl (C=O) groups is 1. The molecule has 1 amide bonds. The maximum atomic E-state index is 12.7. The average molecular weight is 287 g/mol. The Labute approximate surface area is 119 Å². The first-order valence-electron chi connectivity index (χ1n) is 5.90. The number of hydrogen-bond donors (Lipinski definition) is 1. The van der Waals surface area contributed by atoms with E-state index in [1.807, 2.05) is 0 Å². The van der Waals surface area contributed by atoms with Gasteiger partial charge in [-0.1, -0.05) is 12.1 Å². The minimum Gasteiger partial charge on any atom is -0.267 e. The molecule has 0 spiro atoms. The van der Waals surface area contributed by atoms with Gasteiger partial charge >= 0.3 is 0 Å². The van der Waals surface area contributed by atoms with Gasteiger partial charge in [0.1, 0.15) is 5.82 Å². The van der Waals surface area contributed by atoms with Crippen LogP contribution in [0.2, 0.25) is 0 Å². The van der Waals surface area contributed by atoms with Gasteiger partial charge < -0.3 is 0 Å². The van der Waals surface area contributed by atoms with Crippen LogP contribution in [0.25, 0.3) is 0 Å². The Hall–Kier alpha value is -3.09. The van der Waals surface area contributed by atoms with Crippen molar-refractivity contribution in [3.63, 3.8) is 0 Å². The monoisotopic (exact) mass is 287 g/mol. The molecule has 0 aliphatic heterocycles. The number of benzene rings is 2. The molecule has 0 fully saturated rings. The highest BCUT2D eigenvalue weighted by molar-refractivity contribution is 5.95. The summed E-state index contributed by atoms with van der Waals surface area (Å²) in [5.41, 5.74) is 3.05. The van der Waals surface area contributed by atoms with Crippen LogP contribution in [0.3, 0.4) is 0 Å². The van der Waals surface area contributed by atoms with Crippen molar-refractivity contribution in [2.75, 3.05) is 0 Å². The predicted octanol–water partition coefficient (Wildman–Crippen LogP) is 2.50. The highest BCUT2D eigenvalue weighted by atomic mass is 19.1. The molecule has 21 heavy (non-hydrogen) atoms. The number of nitro benzene ring substituents is 1. The number of amides is 1. The summed E-state index contributed by atoms with van der Waals surface area (Å²) in [7, 11) is 0. The van der Waals surface area contributed by atoms with Gasteiger partial charge in [0, 0.05) is 17.7 Å². The minimum absolute atomic E-state index is 0.0960. The molecule has 2 aromatic carbocycles. The van der Waals surface area contributed by atoms with E-state index in [2.05, 4.69) is 10.5 Å². The number of non-ortho nitro benzene ring substituents is 1. The van der Waals surface area contributed by atoms with Crippen LogP contribution >= 0.6 is 0 Å². The zero-order valence-corrected chi connectivity index (χ0v) is 10.7. The van der Waals surface area contributed by atoms with Crippen molar-refractivity contribution in [3.8, 4) is 0 Å². The van der Waals surface area contributed by atoms with Crippen molar-refractivity contribution in [1.29, 1.82) is 0 Å². The summed E-state index contributed by atoms with van der Waals surface area (Å²) in [6.45, 7) is 0. The topological polar surface area (TPSA) is 84.6 Å². The van der Waals surface area contributed by atoms with E-state index in [0.717, 1.165) is 0 Å². The molecule has 0 radical (unpaired) electrons. The van der Waals surface area contributed by atoms with Crippen LogP contribution < -0.4 is 5.43 Å². The normalized spacial score (nSPS) is 10.5. The standard InChI is InChI=1S/C14H10FN3O3/c15-12-5-1-10(2-6-12)9-16-17-14(19)11-3-7-13(8-4-11)18(20)21/h1-9H,(H,17,19)/b16-9-. The number of rotatable bonds is 4. The first-order valence-corrected chi connectivity index (χ1v) is 5.90. The number of nitrogens with one attached hydrogen (secondary N) is 1. The first kappa shape index (κ1) is 14.3. The van der Waals surface area contributed by atoms with Crippen LogP contribution in [0.4, 0.5) is 10.1 Å². The van der Waals surface area contributed by atoms with E-state index in [1.165, 1.54) is 54.7 Å². The minimum atomic E-state index is -0.547. The molecule has 2 rings (SSSR count). The van der Waals surface area contributed by atoms with Gasteiger partial charge in [0.25, 0.3) is 11.6 Å². The molecule has 0 aliphatic carbocycles. The molecule has 0 saturated carbocycles. The fraction of sp³-hybridized carbons (Fsp3) is 0. The van der Waals surface area contributed by atoms with Gasteiger partial charge in [0.2, 0.25) is 0 Å². The number of hydrogen-bond acceptors (Lipinski definition) is 4. The summed E-state index contributed by atoms with van der Waals surface area (Å²) in [5, 5.41) is 14.2. The van der Waals surface area contributed by atoms with Crippen molar-refractivity contribution in [1.82, 2.24) is 5.43 Å². The molecular formula is C14H10FN3O3. The van der Waals surface area contributed by atoms with Crippen molar-refractivity contribution in [2.24, 2.45) is 5.10 Å². The average Bonchev–Trinajstić information content (AvgIpc) is 2.49. The number of halogens is 1. The van der Waals surface area contributed by atoms with E-state index in [4.69, 9.17) is 0 Å². The van der Waals surface area contributed by atoms with Crippen molar-refractivity contribution >= 4 is 17.8 Å². The first-order chi connectivity index (χ1) is 10.1. The Morgan fingerprint density at radius 2 is 1.76 bits per heavy atom. The molecule has 0 aliphatic rings. The van der Waals surface area contributed by atoms with E-state index >= 15 is 0 Å². The molecule has 0 atom stereocenters. The molecule has 0 heterocycles. The van der Waals surface area contributed by atoms with Crippen LogP contribution in [0, 0.1) is 15.9 Å². The SMILES string of the molecule is O=C(N/N=C\c1ccc(F)cc1)c1ccc([N+](=O)[O-])cc1. The third-order valence-electron chi connectivity index (χ3n) is 2.59. The smallest absolute Gasteiger partial charge is 0.267 e. The third-order valence-corrected chi connectivity index (χ3v) is 2.59. The van der Waals surface area contributed by atoms with E-state index in [1.54, 1.807) is 0 Å². The van der Waals surface area contributed by atoms with E-state index < -0.39 is 10.8 Å². The molecule has 7 heteroatoms. The Morgan fingerprint density at radius 1 is 1.14 bits per heavy atom. The lowest BCUT2D eigenvalue weighted by Crippen LogP contribution is -2.17. The fourth-order valence-corrected chi connectivity index (χ4v) is 1.51. The largest absolute Gasteiger partial charge is 0.271 e. The van der Waals surface area contributed by atoms with E-state index in [-0.39, 0.29) is 17.1 Å². The number of hydrazone groups is 1. The molecule has 0 bridgehead atoms. The van der Waals surface area contributed by atoms with Gasteiger partial charge in [-0.3, -0.25) is 14.9 Å². The Bertz CT molecular complexity index is 682. The molecule has 0 aromatic heterocycles. The Balaban J connectivity index is 1.98. The summed E-state index contributed by atoms with van der Waals surface area (Å²) in [6.07, 6.45) is 1.36. The van der Waals surface area contributed by atoms with Crippen molar-refractivity contribution in [3.05, 3.63) is 75.6 Å². The van der Waals surface area contributed by atoms with Crippen LogP contribution in [0.1, 0.15) is 15.9 Å². The quantitative estimate of drug-likeness (QED) is 0.532. The highest BCUT2D eigenvalue weighted by Crippen LogP contribution is 2.11. The second-order valence-electron chi connectivity index (χ2n) is 4.05. The summed E-state index contributed by atoms with van der Waals surface area (Å²) in [6, 6.07) is 10.7. The number of carbonyl (C=O) groups excluding carboxylic acids is 1. The summed E-state index contributed by atoms with van der Waals surface area (Å²) in [5.74, 6) is -0.856. The zero-order chi connectivity index (χ0) is 15.2. The van der Waals surface area contributed by atoms with Gasteiger partial charge in [0.05, 0.1) is 11.1 Å². The summed E-state index contributed by atoms with van der Waals surface area (Å²) >= 11 is 0. The molecule has 1 N–H and O–H groups in total. The summed E-state index contributed by atoms with van der Waals surface area (Å²) in [4.78, 5) is 21.7. The van der Waals surface area contributed by atoms with Crippen LogP contribution in [0.5, 0.6) is 0 Å². The molecule has 2 aromatic rings. The maximum absolute atomic E-state index is 12.7. The van der Waals surface area contributed by atoms with Crippen molar-refractivity contribution < 1.29 is 14.1 Å². The van der Waals surface area contributed by atoms with Gasteiger partial charge in [-0.05, 0) is 29.8 Å².